The first-order chi connectivity index (χ1) is 19.1. The third kappa shape index (κ3) is 3.95. The molecule has 0 N–H and O–H groups in total. The molecule has 0 atom stereocenters. The third-order valence-electron chi connectivity index (χ3n) is 7.12. The highest BCUT2D eigenvalue weighted by Crippen LogP contribution is 2.41. The van der Waals surface area contributed by atoms with Gasteiger partial charge >= 0.3 is 0 Å². The van der Waals surface area contributed by atoms with E-state index in [2.05, 4.69) is 74.7 Å². The van der Waals surface area contributed by atoms with Crippen LogP contribution in [0, 0.1) is 6.85 Å². The van der Waals surface area contributed by atoms with Crippen molar-refractivity contribution in [3.05, 3.63) is 108 Å². The normalized spacial score (nSPS) is 13.4. The molecule has 3 heteroatoms. The van der Waals surface area contributed by atoms with Crippen LogP contribution in [-0.2, 0) is 0 Å². The zero-order valence-corrected chi connectivity index (χ0v) is 21.6. The molecule has 0 aliphatic carbocycles. The minimum atomic E-state index is -2.22. The highest BCUT2D eigenvalue weighted by atomic mass is 16.3. The van der Waals surface area contributed by atoms with Crippen molar-refractivity contribution in [1.82, 2.24) is 9.55 Å². The van der Waals surface area contributed by atoms with Gasteiger partial charge in [-0.1, -0.05) is 81.8 Å². The molecule has 0 radical (unpaired) electrons. The Bertz CT molecular complexity index is 1810. The van der Waals surface area contributed by atoms with Gasteiger partial charge in [0.25, 0.3) is 0 Å². The van der Waals surface area contributed by atoms with E-state index in [-0.39, 0.29) is 17.4 Å². The summed E-state index contributed by atoms with van der Waals surface area (Å²) in [7, 11) is 0. The molecule has 4 aromatic carbocycles. The number of rotatable bonds is 5. The van der Waals surface area contributed by atoms with Gasteiger partial charge in [-0.2, -0.15) is 0 Å². The van der Waals surface area contributed by atoms with Crippen molar-refractivity contribution >= 4 is 22.0 Å². The van der Waals surface area contributed by atoms with Crippen molar-refractivity contribution in [2.24, 2.45) is 0 Å². The van der Waals surface area contributed by atoms with Crippen molar-refractivity contribution in [2.45, 2.75) is 46.4 Å². The number of aromatic nitrogens is 2. The van der Waals surface area contributed by atoms with Crippen LogP contribution in [0.25, 0.3) is 50.2 Å². The molecular weight excluding hydrogens is 452 g/mol. The minimum Gasteiger partial charge on any atom is -0.464 e. The summed E-state index contributed by atoms with van der Waals surface area (Å²) in [6.45, 7) is 6.70. The van der Waals surface area contributed by atoms with Crippen molar-refractivity contribution in [1.29, 1.82) is 0 Å². The summed E-state index contributed by atoms with van der Waals surface area (Å²) in [6.07, 6.45) is 1.70. The summed E-state index contributed by atoms with van der Waals surface area (Å²) >= 11 is 0. The van der Waals surface area contributed by atoms with E-state index >= 15 is 0 Å². The maximum Gasteiger partial charge on any atom is 0.149 e. The molecule has 2 aromatic heterocycles. The molecule has 0 aliphatic heterocycles. The molecule has 0 saturated carbocycles. The van der Waals surface area contributed by atoms with Gasteiger partial charge < -0.3 is 4.42 Å². The number of fused-ring (bicyclic) bond motifs is 2. The lowest BCUT2D eigenvalue weighted by molar-refractivity contribution is 0.616. The Hall–Kier alpha value is -4.11. The fourth-order valence-corrected chi connectivity index (χ4v) is 5.25. The van der Waals surface area contributed by atoms with E-state index in [0.717, 1.165) is 33.5 Å². The van der Waals surface area contributed by atoms with E-state index in [1.54, 1.807) is 24.5 Å². The Morgan fingerprint density at radius 2 is 1.49 bits per heavy atom. The zero-order valence-electron chi connectivity index (χ0n) is 24.6. The van der Waals surface area contributed by atoms with Crippen molar-refractivity contribution in [3.63, 3.8) is 0 Å². The van der Waals surface area contributed by atoms with Gasteiger partial charge in [-0.3, -0.25) is 4.57 Å². The molecule has 0 spiro atoms. The van der Waals surface area contributed by atoms with Crippen LogP contribution >= 0.6 is 0 Å². The van der Waals surface area contributed by atoms with Gasteiger partial charge in [0.05, 0.1) is 22.3 Å². The fourth-order valence-electron chi connectivity index (χ4n) is 5.25. The first-order valence-corrected chi connectivity index (χ1v) is 12.9. The standard InChI is InChI=1S/C34H32N2O/c1-21(2)26-18-25(24-11-7-6-8-12-24)19-27(22(3)4)33(26)36-31-14-10-9-13-30(31)35-34(36)29-20-37-32-16-15-23(5)17-28(29)32/h6-22H,1-5H3/i5D3. The van der Waals surface area contributed by atoms with Crippen molar-refractivity contribution < 1.29 is 8.53 Å². The number of hydrogen-bond donors (Lipinski definition) is 0. The number of nitrogens with zero attached hydrogens (tertiary/aromatic N) is 2. The van der Waals surface area contributed by atoms with E-state index in [1.165, 1.54) is 22.3 Å². The number of hydrogen-bond acceptors (Lipinski definition) is 2. The van der Waals surface area contributed by atoms with Crippen LogP contribution < -0.4 is 0 Å². The van der Waals surface area contributed by atoms with Gasteiger partial charge in [0.15, 0.2) is 0 Å². The average molecular weight is 488 g/mol. The molecule has 0 aliphatic rings. The molecule has 6 rings (SSSR count). The van der Waals surface area contributed by atoms with Gasteiger partial charge in [-0.25, -0.2) is 4.98 Å². The van der Waals surface area contributed by atoms with Gasteiger partial charge in [0.1, 0.15) is 17.7 Å². The summed E-state index contributed by atoms with van der Waals surface area (Å²) in [5, 5.41) is 0.739. The van der Waals surface area contributed by atoms with Crippen LogP contribution in [-0.4, -0.2) is 9.55 Å². The van der Waals surface area contributed by atoms with Crippen molar-refractivity contribution in [3.8, 4) is 28.2 Å². The van der Waals surface area contributed by atoms with E-state index in [4.69, 9.17) is 13.5 Å². The molecule has 0 unspecified atom stereocenters. The number of imidazole rings is 1. The van der Waals surface area contributed by atoms with Crippen LogP contribution in [0.3, 0.4) is 0 Å². The van der Waals surface area contributed by atoms with Crippen LogP contribution in [0.2, 0.25) is 0 Å². The molecule has 184 valence electrons. The maximum atomic E-state index is 7.96. The maximum absolute atomic E-state index is 7.96. The Morgan fingerprint density at radius 1 is 0.784 bits per heavy atom. The molecule has 37 heavy (non-hydrogen) atoms. The Kier molecular flexibility index (Phi) is 4.91. The Balaban J connectivity index is 1.70. The first-order valence-electron chi connectivity index (χ1n) is 14.4. The quantitative estimate of drug-likeness (QED) is 0.242. The fraction of sp³-hybridized carbons (Fsp3) is 0.206. The second-order valence-electron chi connectivity index (χ2n) is 10.3. The number of furan rings is 1. The largest absolute Gasteiger partial charge is 0.464 e. The lowest BCUT2D eigenvalue weighted by atomic mass is 9.88. The lowest BCUT2D eigenvalue weighted by Gasteiger charge is -2.24. The van der Waals surface area contributed by atoms with E-state index in [0.29, 0.717) is 5.58 Å². The predicted molar refractivity (Wildman–Crippen MR) is 155 cm³/mol. The Labute approximate surface area is 222 Å². The number of benzene rings is 4. The zero-order chi connectivity index (χ0) is 28.2. The van der Waals surface area contributed by atoms with Gasteiger partial charge in [0, 0.05) is 9.50 Å². The topological polar surface area (TPSA) is 31.0 Å². The monoisotopic (exact) mass is 487 g/mol. The molecular formula is C34H32N2O. The molecule has 0 amide bonds. The van der Waals surface area contributed by atoms with Crippen LogP contribution in [0.15, 0.2) is 95.6 Å². The summed E-state index contributed by atoms with van der Waals surface area (Å²) in [6, 6.07) is 28.3. The minimum absolute atomic E-state index is 0.244. The number of aryl methyl sites for hydroxylation is 1. The molecule has 0 saturated heterocycles. The smallest absolute Gasteiger partial charge is 0.149 e. The molecule has 3 nitrogen and oxygen atoms in total. The highest BCUT2D eigenvalue weighted by molar-refractivity contribution is 5.96. The summed E-state index contributed by atoms with van der Waals surface area (Å²) < 4.78 is 32.1. The third-order valence-corrected chi connectivity index (χ3v) is 7.12. The second-order valence-corrected chi connectivity index (χ2v) is 10.3. The van der Waals surface area contributed by atoms with Gasteiger partial charge in [-0.05, 0) is 77.3 Å². The summed E-state index contributed by atoms with van der Waals surface area (Å²) in [4.78, 5) is 5.12. The average Bonchev–Trinajstić information content (AvgIpc) is 3.53. The number of para-hydroxylation sites is 2. The van der Waals surface area contributed by atoms with Crippen molar-refractivity contribution in [2.75, 3.05) is 0 Å². The van der Waals surface area contributed by atoms with Gasteiger partial charge in [0.2, 0.25) is 0 Å². The van der Waals surface area contributed by atoms with Crippen LogP contribution in [0.4, 0.5) is 0 Å². The lowest BCUT2D eigenvalue weighted by Crippen LogP contribution is -2.09. The first kappa shape index (κ1) is 20.0. The highest BCUT2D eigenvalue weighted by Gasteiger charge is 2.25. The molecule has 0 fully saturated rings. The Morgan fingerprint density at radius 3 is 2.19 bits per heavy atom. The summed E-state index contributed by atoms with van der Waals surface area (Å²) in [5.41, 5.74) is 9.51. The molecule has 6 aromatic rings. The predicted octanol–water partition coefficient (Wildman–Crippen LogP) is 9.66. The van der Waals surface area contributed by atoms with E-state index in [9.17, 15) is 0 Å². The van der Waals surface area contributed by atoms with Gasteiger partial charge in [-0.15, -0.1) is 0 Å². The SMILES string of the molecule is [2H]C([2H])([2H])c1ccc2occ(-c3nc4ccccc4n3-c3c(C(C)C)cc(-c4ccccc4)cc3C(C)C)c2c1. The van der Waals surface area contributed by atoms with Crippen LogP contribution in [0.5, 0.6) is 0 Å². The summed E-state index contributed by atoms with van der Waals surface area (Å²) in [5.74, 6) is 1.22. The molecule has 2 heterocycles. The van der Waals surface area contributed by atoms with E-state index < -0.39 is 6.85 Å². The van der Waals surface area contributed by atoms with E-state index in [1.807, 2.05) is 24.3 Å². The molecule has 0 bridgehead atoms. The second kappa shape index (κ2) is 9.08. The van der Waals surface area contributed by atoms with Crippen LogP contribution in [0.1, 0.15) is 60.3 Å².